The van der Waals surface area contributed by atoms with Gasteiger partial charge in [0.25, 0.3) is 0 Å². The van der Waals surface area contributed by atoms with Crippen molar-refractivity contribution in [2.75, 3.05) is 0 Å². The Labute approximate surface area is 83.4 Å². The summed E-state index contributed by atoms with van der Waals surface area (Å²) in [6.07, 6.45) is 4.90. The van der Waals surface area contributed by atoms with Crippen molar-refractivity contribution in [1.29, 1.82) is 0 Å². The predicted octanol–water partition coefficient (Wildman–Crippen LogP) is 2.52. The summed E-state index contributed by atoms with van der Waals surface area (Å²) in [7, 11) is -1.10. The molecule has 0 spiro atoms. The largest absolute Gasteiger partial charge is 0.408 e. The van der Waals surface area contributed by atoms with E-state index in [1.54, 1.807) is 0 Å². The Balaban J connectivity index is 4.21. The maximum Gasteiger partial charge on any atom is 0.172 e. The lowest BCUT2D eigenvalue weighted by molar-refractivity contribution is -0.122. The molecule has 0 fully saturated rings. The second kappa shape index (κ2) is 6.32. The molecule has 0 aliphatic heterocycles. The lowest BCUT2D eigenvalue weighted by atomic mass is 9.96. The first kappa shape index (κ1) is 12.8. The maximum atomic E-state index is 11.0. The van der Waals surface area contributed by atoms with Gasteiger partial charge in [0.05, 0.1) is 0 Å². The van der Waals surface area contributed by atoms with Crippen LogP contribution in [0.5, 0.6) is 0 Å². The van der Waals surface area contributed by atoms with E-state index in [9.17, 15) is 4.79 Å². The molecule has 13 heavy (non-hydrogen) atoms. The van der Waals surface area contributed by atoms with Gasteiger partial charge < -0.3 is 9.22 Å². The molecule has 1 unspecified atom stereocenters. The Hall–Kier alpha value is -0.153. The Kier molecular flexibility index (Phi) is 6.25. The van der Waals surface area contributed by atoms with E-state index in [2.05, 4.69) is 20.0 Å². The molecule has 0 saturated carbocycles. The normalized spacial score (nSPS) is 15.8. The van der Waals surface area contributed by atoms with Crippen molar-refractivity contribution in [3.63, 3.8) is 0 Å². The van der Waals surface area contributed by atoms with E-state index in [0.29, 0.717) is 0 Å². The molecule has 0 N–H and O–H groups in total. The third-order valence-corrected chi connectivity index (χ3v) is 3.18. The van der Waals surface area contributed by atoms with Crippen LogP contribution in [0.1, 0.15) is 39.5 Å². The molecule has 78 valence electrons. The lowest BCUT2D eigenvalue weighted by Gasteiger charge is -2.29. The molecule has 1 atom stereocenters. The molecule has 0 aromatic rings. The second-order valence-corrected chi connectivity index (χ2v) is 6.14. The van der Waals surface area contributed by atoms with Crippen molar-refractivity contribution in [2.24, 2.45) is 0 Å². The van der Waals surface area contributed by atoms with Crippen LogP contribution in [-0.4, -0.2) is 20.9 Å². The van der Waals surface area contributed by atoms with Gasteiger partial charge in [0.2, 0.25) is 0 Å². The summed E-state index contributed by atoms with van der Waals surface area (Å²) < 4.78 is 5.81. The van der Waals surface area contributed by atoms with Crippen LogP contribution in [0.15, 0.2) is 0 Å². The van der Waals surface area contributed by atoms with Gasteiger partial charge in [-0.1, -0.05) is 26.7 Å². The number of aldehydes is 1. The molecule has 3 heteroatoms. The fourth-order valence-corrected chi connectivity index (χ4v) is 2.71. The van der Waals surface area contributed by atoms with Crippen LogP contribution in [0.2, 0.25) is 13.1 Å². The van der Waals surface area contributed by atoms with Crippen molar-refractivity contribution in [3.8, 4) is 0 Å². The molecule has 2 nitrogen and oxygen atoms in total. The number of carbonyl (C=O) groups is 1. The van der Waals surface area contributed by atoms with Crippen molar-refractivity contribution < 1.29 is 9.22 Å². The van der Waals surface area contributed by atoms with Crippen molar-refractivity contribution in [3.05, 3.63) is 0 Å². The smallest absolute Gasteiger partial charge is 0.172 e. The maximum absolute atomic E-state index is 11.0. The molecule has 0 aliphatic rings. The van der Waals surface area contributed by atoms with Gasteiger partial charge in [-0.3, -0.25) is 0 Å². The second-order valence-electron chi connectivity index (χ2n) is 3.81. The van der Waals surface area contributed by atoms with Gasteiger partial charge in [0.15, 0.2) is 15.3 Å². The van der Waals surface area contributed by atoms with E-state index in [0.717, 1.165) is 32.0 Å². The zero-order chi connectivity index (χ0) is 10.3. The molecule has 0 amide bonds. The molecule has 0 heterocycles. The average Bonchev–Trinajstić information content (AvgIpc) is 2.12. The van der Waals surface area contributed by atoms with Gasteiger partial charge in [0, 0.05) is 0 Å². The monoisotopic (exact) mass is 202 g/mol. The third-order valence-electron chi connectivity index (χ3n) is 2.24. The highest BCUT2D eigenvalue weighted by Gasteiger charge is 2.28. The molecular formula is C10H22O2Si. The van der Waals surface area contributed by atoms with Crippen LogP contribution in [0.4, 0.5) is 0 Å². The van der Waals surface area contributed by atoms with E-state index in [4.69, 9.17) is 4.43 Å². The number of rotatable bonds is 7. The zero-order valence-corrected chi connectivity index (χ0v) is 10.5. The van der Waals surface area contributed by atoms with Crippen LogP contribution >= 0.6 is 0 Å². The van der Waals surface area contributed by atoms with Crippen LogP contribution < -0.4 is 0 Å². The van der Waals surface area contributed by atoms with Crippen LogP contribution in [0, 0.1) is 0 Å². The highest BCUT2D eigenvalue weighted by Crippen LogP contribution is 2.21. The van der Waals surface area contributed by atoms with Gasteiger partial charge >= 0.3 is 0 Å². The minimum Gasteiger partial charge on any atom is -0.408 e. The molecule has 0 aromatic carbocycles. The van der Waals surface area contributed by atoms with E-state index >= 15 is 0 Å². The summed E-state index contributed by atoms with van der Waals surface area (Å²) in [5.74, 6) is 0. The molecule has 0 radical (unpaired) electrons. The summed E-state index contributed by atoms with van der Waals surface area (Å²) in [6, 6.07) is 0. The SMILES string of the molecule is CCCCC(C=O)(CC)O[SiH](C)C. The number of hydrogen-bond donors (Lipinski definition) is 0. The summed E-state index contributed by atoms with van der Waals surface area (Å²) >= 11 is 0. The summed E-state index contributed by atoms with van der Waals surface area (Å²) in [4.78, 5) is 11.0. The van der Waals surface area contributed by atoms with E-state index < -0.39 is 14.6 Å². The molecule has 0 rings (SSSR count). The standard InChI is InChI=1S/C10H22O2Si/c1-5-7-8-10(6-2,9-11)12-13(3)4/h9,13H,5-8H2,1-4H3. The van der Waals surface area contributed by atoms with E-state index in [1.807, 2.05) is 6.92 Å². The topological polar surface area (TPSA) is 26.3 Å². The number of carbonyl (C=O) groups excluding carboxylic acids is 1. The lowest BCUT2D eigenvalue weighted by Crippen LogP contribution is -2.37. The average molecular weight is 202 g/mol. The van der Waals surface area contributed by atoms with Gasteiger partial charge in [-0.2, -0.15) is 0 Å². The van der Waals surface area contributed by atoms with Gasteiger partial charge in [0.1, 0.15) is 5.60 Å². The fourth-order valence-electron chi connectivity index (χ4n) is 1.43. The molecule has 0 aliphatic carbocycles. The Morgan fingerprint density at radius 1 is 1.38 bits per heavy atom. The van der Waals surface area contributed by atoms with Gasteiger partial charge in [-0.15, -0.1) is 0 Å². The Bertz CT molecular complexity index is 148. The first-order chi connectivity index (χ1) is 6.10. The minimum atomic E-state index is -1.10. The molecule has 0 bridgehead atoms. The van der Waals surface area contributed by atoms with Crippen LogP contribution in [0.3, 0.4) is 0 Å². The van der Waals surface area contributed by atoms with Crippen molar-refractivity contribution >= 4 is 15.3 Å². The molecule has 0 aromatic heterocycles. The highest BCUT2D eigenvalue weighted by molar-refractivity contribution is 6.48. The fraction of sp³-hybridized carbons (Fsp3) is 0.900. The van der Waals surface area contributed by atoms with E-state index in [-0.39, 0.29) is 0 Å². The van der Waals surface area contributed by atoms with Crippen LogP contribution in [0.25, 0.3) is 0 Å². The van der Waals surface area contributed by atoms with Crippen molar-refractivity contribution in [2.45, 2.75) is 58.2 Å². The Morgan fingerprint density at radius 2 is 2.00 bits per heavy atom. The summed E-state index contributed by atoms with van der Waals surface area (Å²) in [6.45, 7) is 8.39. The van der Waals surface area contributed by atoms with Gasteiger partial charge in [-0.25, -0.2) is 0 Å². The summed E-state index contributed by atoms with van der Waals surface area (Å²) in [5.41, 5.74) is -0.462. The molecular weight excluding hydrogens is 180 g/mol. The number of unbranched alkanes of at least 4 members (excludes halogenated alkanes) is 1. The third kappa shape index (κ3) is 4.57. The minimum absolute atomic E-state index is 0.462. The Morgan fingerprint density at radius 3 is 2.31 bits per heavy atom. The first-order valence-corrected chi connectivity index (χ1v) is 8.02. The predicted molar refractivity (Wildman–Crippen MR) is 58.6 cm³/mol. The zero-order valence-electron chi connectivity index (χ0n) is 9.30. The van der Waals surface area contributed by atoms with Crippen molar-refractivity contribution in [1.82, 2.24) is 0 Å². The quantitative estimate of drug-likeness (QED) is 0.468. The van der Waals surface area contributed by atoms with E-state index in [1.165, 1.54) is 0 Å². The van der Waals surface area contributed by atoms with Crippen LogP contribution in [-0.2, 0) is 9.22 Å². The first-order valence-electron chi connectivity index (χ1n) is 5.24. The summed E-state index contributed by atoms with van der Waals surface area (Å²) in [5, 5.41) is 0. The number of hydrogen-bond acceptors (Lipinski definition) is 2. The van der Waals surface area contributed by atoms with Gasteiger partial charge in [-0.05, 0) is 25.9 Å². The molecule has 0 saturated heterocycles. The highest BCUT2D eigenvalue weighted by atomic mass is 28.3.